The van der Waals surface area contributed by atoms with E-state index in [4.69, 9.17) is 0 Å². The summed E-state index contributed by atoms with van der Waals surface area (Å²) in [7, 11) is 0. The van der Waals surface area contributed by atoms with E-state index in [9.17, 15) is 4.79 Å². The summed E-state index contributed by atoms with van der Waals surface area (Å²) in [4.78, 5) is 22.7. The number of nitrogens with zero attached hydrogens (tertiary/aromatic N) is 3. The summed E-state index contributed by atoms with van der Waals surface area (Å²) >= 11 is 1.57. The van der Waals surface area contributed by atoms with E-state index in [2.05, 4.69) is 15.3 Å². The Kier molecular flexibility index (Phi) is 4.03. The average molecular weight is 348 g/mol. The molecule has 4 rings (SSSR count). The van der Waals surface area contributed by atoms with Crippen LogP contribution in [0.5, 0.6) is 0 Å². The second kappa shape index (κ2) is 6.49. The van der Waals surface area contributed by atoms with Crippen LogP contribution in [-0.4, -0.2) is 20.3 Å². The van der Waals surface area contributed by atoms with Gasteiger partial charge in [0.15, 0.2) is 4.96 Å². The maximum atomic E-state index is 12.4. The molecule has 0 aliphatic heterocycles. The van der Waals surface area contributed by atoms with Crippen LogP contribution in [0.3, 0.4) is 0 Å². The van der Waals surface area contributed by atoms with Gasteiger partial charge in [-0.25, -0.2) is 4.98 Å². The van der Waals surface area contributed by atoms with Gasteiger partial charge in [-0.15, -0.1) is 11.3 Å². The van der Waals surface area contributed by atoms with E-state index in [0.717, 1.165) is 17.1 Å². The first-order chi connectivity index (χ1) is 12.2. The van der Waals surface area contributed by atoms with Crippen molar-refractivity contribution in [2.45, 2.75) is 13.3 Å². The van der Waals surface area contributed by atoms with Gasteiger partial charge in [0.05, 0.1) is 0 Å². The highest BCUT2D eigenvalue weighted by molar-refractivity contribution is 7.17. The first-order valence-electron chi connectivity index (χ1n) is 7.92. The van der Waals surface area contributed by atoms with E-state index < -0.39 is 0 Å². The molecule has 25 heavy (non-hydrogen) atoms. The standard InChI is InChI=1S/C19H16N4OS/c1-13-11-23-12-17(22-19(23)25-13)18(24)21-16-4-2-14(3-5-16)10-15-6-8-20-9-7-15/h2-9,11-12H,10H2,1H3,(H,21,24). The van der Waals surface area contributed by atoms with Crippen molar-refractivity contribution in [2.24, 2.45) is 0 Å². The van der Waals surface area contributed by atoms with Crippen LogP contribution in [0.25, 0.3) is 4.96 Å². The molecule has 0 spiro atoms. The summed E-state index contributed by atoms with van der Waals surface area (Å²) in [5, 5.41) is 2.89. The minimum atomic E-state index is -0.199. The van der Waals surface area contributed by atoms with Crippen molar-refractivity contribution < 1.29 is 4.79 Å². The number of hydrogen-bond donors (Lipinski definition) is 1. The van der Waals surface area contributed by atoms with Crippen molar-refractivity contribution in [3.63, 3.8) is 0 Å². The summed E-state index contributed by atoms with van der Waals surface area (Å²) in [5.74, 6) is -0.199. The number of pyridine rings is 1. The zero-order valence-corrected chi connectivity index (χ0v) is 14.5. The van der Waals surface area contributed by atoms with E-state index >= 15 is 0 Å². The van der Waals surface area contributed by atoms with Crippen LogP contribution in [0, 0.1) is 6.92 Å². The van der Waals surface area contributed by atoms with Gasteiger partial charge < -0.3 is 5.32 Å². The Hall–Kier alpha value is -2.99. The van der Waals surface area contributed by atoms with Crippen LogP contribution in [-0.2, 0) is 6.42 Å². The lowest BCUT2D eigenvalue weighted by atomic mass is 10.1. The van der Waals surface area contributed by atoms with Gasteiger partial charge in [-0.1, -0.05) is 12.1 Å². The van der Waals surface area contributed by atoms with Crippen LogP contribution >= 0.6 is 11.3 Å². The number of nitrogens with one attached hydrogen (secondary N) is 1. The van der Waals surface area contributed by atoms with Gasteiger partial charge in [-0.3, -0.25) is 14.2 Å². The number of benzene rings is 1. The Labute approximate surface area is 149 Å². The van der Waals surface area contributed by atoms with Crippen molar-refractivity contribution >= 4 is 27.9 Å². The van der Waals surface area contributed by atoms with Gasteiger partial charge in [0.2, 0.25) is 0 Å². The van der Waals surface area contributed by atoms with E-state index in [1.165, 1.54) is 16.0 Å². The highest BCUT2D eigenvalue weighted by Crippen LogP contribution is 2.18. The fourth-order valence-corrected chi connectivity index (χ4v) is 3.47. The molecule has 6 heteroatoms. The summed E-state index contributed by atoms with van der Waals surface area (Å²) in [6.45, 7) is 2.02. The topological polar surface area (TPSA) is 59.3 Å². The van der Waals surface area contributed by atoms with E-state index in [-0.39, 0.29) is 5.91 Å². The van der Waals surface area contributed by atoms with Gasteiger partial charge >= 0.3 is 0 Å². The lowest BCUT2D eigenvalue weighted by Crippen LogP contribution is -2.12. The number of anilines is 1. The molecule has 0 aliphatic rings. The predicted molar refractivity (Wildman–Crippen MR) is 99.2 cm³/mol. The zero-order valence-electron chi connectivity index (χ0n) is 13.6. The van der Waals surface area contributed by atoms with Gasteiger partial charge in [0, 0.05) is 35.4 Å². The van der Waals surface area contributed by atoms with Gasteiger partial charge in [-0.05, 0) is 48.7 Å². The molecule has 3 heterocycles. The number of thiazole rings is 1. The molecular formula is C19H16N4OS. The van der Waals surface area contributed by atoms with Crippen molar-refractivity contribution in [2.75, 3.05) is 5.32 Å². The number of hydrogen-bond acceptors (Lipinski definition) is 4. The second-order valence-corrected chi connectivity index (χ2v) is 7.05. The Morgan fingerprint density at radius 3 is 2.52 bits per heavy atom. The molecule has 0 atom stereocenters. The molecule has 1 N–H and O–H groups in total. The molecule has 0 saturated heterocycles. The Bertz CT molecular complexity index is 987. The number of carbonyl (C=O) groups excluding carboxylic acids is 1. The minimum absolute atomic E-state index is 0.199. The van der Waals surface area contributed by atoms with E-state index in [1.807, 2.05) is 53.9 Å². The first kappa shape index (κ1) is 15.5. The SMILES string of the molecule is Cc1cn2cc(C(=O)Nc3ccc(Cc4ccncc4)cc3)nc2s1. The Balaban J connectivity index is 1.45. The van der Waals surface area contributed by atoms with Gasteiger partial charge in [0.25, 0.3) is 5.91 Å². The Morgan fingerprint density at radius 1 is 1.08 bits per heavy atom. The molecule has 4 aromatic rings. The van der Waals surface area contributed by atoms with E-state index in [1.54, 1.807) is 29.9 Å². The highest BCUT2D eigenvalue weighted by Gasteiger charge is 2.12. The molecule has 1 amide bonds. The molecule has 0 fully saturated rings. The molecule has 0 bridgehead atoms. The first-order valence-corrected chi connectivity index (χ1v) is 8.73. The average Bonchev–Trinajstić information content (AvgIpc) is 3.15. The van der Waals surface area contributed by atoms with Crippen molar-refractivity contribution in [3.8, 4) is 0 Å². The maximum absolute atomic E-state index is 12.4. The molecule has 1 aromatic carbocycles. The molecule has 124 valence electrons. The monoisotopic (exact) mass is 348 g/mol. The second-order valence-electron chi connectivity index (χ2n) is 5.84. The zero-order chi connectivity index (χ0) is 17.2. The number of rotatable bonds is 4. The van der Waals surface area contributed by atoms with Crippen LogP contribution in [0.2, 0.25) is 0 Å². The van der Waals surface area contributed by atoms with E-state index in [0.29, 0.717) is 5.69 Å². The number of aryl methyl sites for hydroxylation is 1. The smallest absolute Gasteiger partial charge is 0.275 e. The number of amides is 1. The Morgan fingerprint density at radius 2 is 1.80 bits per heavy atom. The fourth-order valence-electron chi connectivity index (χ4n) is 2.66. The van der Waals surface area contributed by atoms with Crippen molar-refractivity contribution in [1.82, 2.24) is 14.4 Å². The third kappa shape index (κ3) is 3.44. The summed E-state index contributed by atoms with van der Waals surface area (Å²) in [6.07, 6.45) is 8.15. The lowest BCUT2D eigenvalue weighted by molar-refractivity contribution is 0.102. The normalized spacial score (nSPS) is 10.9. The third-order valence-electron chi connectivity index (χ3n) is 3.87. The number of fused-ring (bicyclic) bond motifs is 1. The minimum Gasteiger partial charge on any atom is -0.321 e. The van der Waals surface area contributed by atoms with Crippen LogP contribution in [0.15, 0.2) is 61.2 Å². The fraction of sp³-hybridized carbons (Fsp3) is 0.105. The van der Waals surface area contributed by atoms with Gasteiger partial charge in [0.1, 0.15) is 5.69 Å². The predicted octanol–water partition coefficient (Wildman–Crippen LogP) is 3.94. The lowest BCUT2D eigenvalue weighted by Gasteiger charge is -2.05. The van der Waals surface area contributed by atoms with Crippen molar-refractivity contribution in [3.05, 3.63) is 82.9 Å². The molecule has 5 nitrogen and oxygen atoms in total. The molecule has 0 unspecified atom stereocenters. The number of imidazole rings is 1. The van der Waals surface area contributed by atoms with Crippen LogP contribution in [0.1, 0.15) is 26.5 Å². The molecular weight excluding hydrogens is 332 g/mol. The van der Waals surface area contributed by atoms with Crippen LogP contribution in [0.4, 0.5) is 5.69 Å². The van der Waals surface area contributed by atoms with Crippen LogP contribution < -0.4 is 5.32 Å². The molecule has 3 aromatic heterocycles. The summed E-state index contributed by atoms with van der Waals surface area (Å²) < 4.78 is 1.88. The third-order valence-corrected chi connectivity index (χ3v) is 4.79. The molecule has 0 radical (unpaired) electrons. The maximum Gasteiger partial charge on any atom is 0.275 e. The largest absolute Gasteiger partial charge is 0.321 e. The molecule has 0 aliphatic carbocycles. The van der Waals surface area contributed by atoms with Crippen molar-refractivity contribution in [1.29, 1.82) is 0 Å². The number of carbonyl (C=O) groups is 1. The highest BCUT2D eigenvalue weighted by atomic mass is 32.1. The summed E-state index contributed by atoms with van der Waals surface area (Å²) in [6, 6.07) is 11.9. The number of aromatic nitrogens is 3. The molecule has 0 saturated carbocycles. The quantitative estimate of drug-likeness (QED) is 0.608. The summed E-state index contributed by atoms with van der Waals surface area (Å²) in [5.41, 5.74) is 3.57. The van der Waals surface area contributed by atoms with Gasteiger partial charge in [-0.2, -0.15) is 0 Å².